The summed E-state index contributed by atoms with van der Waals surface area (Å²) in [6.45, 7) is 20.4. The molecule has 2 atom stereocenters. The van der Waals surface area contributed by atoms with Gasteiger partial charge in [0.15, 0.2) is 0 Å². The summed E-state index contributed by atoms with van der Waals surface area (Å²) in [4.78, 5) is 12.7. The Balaban J connectivity index is 0.00000146. The van der Waals surface area contributed by atoms with E-state index in [-0.39, 0.29) is 9.83 Å². The second kappa shape index (κ2) is 10.5. The molecule has 0 radical (unpaired) electrons. The number of rotatable bonds is 5. The normalized spacial score (nSPS) is 23.5. The van der Waals surface area contributed by atoms with Crippen molar-refractivity contribution in [1.82, 2.24) is 0 Å². The maximum atomic E-state index is 12.7. The van der Waals surface area contributed by atoms with E-state index in [9.17, 15) is 4.79 Å². The third-order valence-electron chi connectivity index (χ3n) is 5.49. The monoisotopic (exact) mass is 472 g/mol. The predicted octanol–water partition coefficient (Wildman–Crippen LogP) is 7.18. The molecule has 0 N–H and O–H groups in total. The first-order valence-electron chi connectivity index (χ1n) is 9.85. The zero-order valence-corrected chi connectivity index (χ0v) is 20.8. The number of benzene rings is 1. The zero-order valence-electron chi connectivity index (χ0n) is 18.2. The van der Waals surface area contributed by atoms with E-state index >= 15 is 0 Å². The molecule has 1 aromatic rings. The topological polar surface area (TPSA) is 35.5 Å². The number of carbonyl (C=O) groups is 1. The molecule has 0 amide bonds. The Bertz CT molecular complexity index is 557. The Morgan fingerprint density at radius 3 is 1.88 bits per heavy atom. The molecule has 0 bridgehead atoms. The summed E-state index contributed by atoms with van der Waals surface area (Å²) >= 11 is -3.93. The van der Waals surface area contributed by atoms with E-state index in [1.165, 1.54) is 0 Å². The summed E-state index contributed by atoms with van der Waals surface area (Å²) in [6, 6.07) is 7.37. The predicted molar refractivity (Wildman–Crippen MR) is 116 cm³/mol. The molecule has 0 spiro atoms. The largest absolute Gasteiger partial charge is 0.0683 e. The molecule has 4 heteroatoms. The molecule has 26 heavy (non-hydrogen) atoms. The van der Waals surface area contributed by atoms with Gasteiger partial charge in [-0.2, -0.15) is 0 Å². The fraction of sp³-hybridized carbons (Fsp3) is 0.591. The molecule has 1 fully saturated rings. The van der Waals surface area contributed by atoms with Crippen molar-refractivity contribution < 1.29 is 10.8 Å². The van der Waals surface area contributed by atoms with E-state index in [0.29, 0.717) is 13.3 Å². The average molecular weight is 473 g/mol. The third kappa shape index (κ3) is 4.04. The Hall–Kier alpha value is -0.792. The zero-order chi connectivity index (χ0) is 20.6. The first kappa shape index (κ1) is 25.2. The molecule has 3 nitrogen and oxygen atoms in total. The van der Waals surface area contributed by atoms with Crippen LogP contribution in [0, 0.1) is 0 Å². The summed E-state index contributed by atoms with van der Waals surface area (Å²) in [5, 5.41) is 0. The van der Waals surface area contributed by atoms with Gasteiger partial charge in [0.2, 0.25) is 0 Å². The van der Waals surface area contributed by atoms with Gasteiger partial charge in [0.05, 0.1) is 0 Å². The van der Waals surface area contributed by atoms with Crippen LogP contribution in [0.5, 0.6) is 0 Å². The molecule has 0 saturated carbocycles. The van der Waals surface area contributed by atoms with Crippen LogP contribution in [0.25, 0.3) is 6.08 Å². The Morgan fingerprint density at radius 2 is 1.58 bits per heavy atom. The number of hydrogen-bond donors (Lipinski definition) is 0. The molecule has 2 rings (SSSR count). The average Bonchev–Trinajstić information content (AvgIpc) is 2.69. The SMILES string of the molecule is C=Cc1ccc(C(=O)[O][Sb]2([O]C)([CH](C)C)[CH](C)C[CH]2C)cc1.CC.CC. The minimum Gasteiger partial charge on any atom is -0.0683 e. The van der Waals surface area contributed by atoms with Crippen molar-refractivity contribution in [2.24, 2.45) is 0 Å². The Morgan fingerprint density at radius 1 is 1.12 bits per heavy atom. The van der Waals surface area contributed by atoms with Crippen molar-refractivity contribution in [2.75, 3.05) is 7.11 Å². The van der Waals surface area contributed by atoms with Crippen LogP contribution in [0.1, 0.15) is 77.7 Å². The summed E-state index contributed by atoms with van der Waals surface area (Å²) in [7, 11) is 1.74. The van der Waals surface area contributed by atoms with E-state index in [4.69, 9.17) is 6.03 Å². The van der Waals surface area contributed by atoms with Crippen molar-refractivity contribution >= 4 is 30.3 Å². The summed E-state index contributed by atoms with van der Waals surface area (Å²) < 4.78 is 13.4. The summed E-state index contributed by atoms with van der Waals surface area (Å²) in [6.07, 6.45) is 2.84. The molecule has 150 valence electrons. The van der Waals surface area contributed by atoms with Crippen LogP contribution >= 0.6 is 0 Å². The van der Waals surface area contributed by atoms with Gasteiger partial charge in [-0.15, -0.1) is 0 Å². The standard InChI is InChI=1S/C9H8O2.C5H10.C3H7.2C2H6.CH3O.Sb/c1-2-7-3-5-8(6-4-7)9(10)11;1-3-5-4-2;1-3-2;3*1-2;/h2-6H,1H2,(H,10,11);3-4H,5H2,1-2H3;3H,1-2H3;2*1-2H3;1H3;/q;;;;;-1;+2/p-1. The minimum atomic E-state index is -3.93. The van der Waals surface area contributed by atoms with Gasteiger partial charge < -0.3 is 0 Å². The molecule has 1 aliphatic heterocycles. The maximum absolute atomic E-state index is 12.7. The van der Waals surface area contributed by atoms with Crippen molar-refractivity contribution in [3.63, 3.8) is 0 Å². The van der Waals surface area contributed by atoms with E-state index in [2.05, 4.69) is 34.3 Å². The van der Waals surface area contributed by atoms with Crippen LogP contribution in [0.3, 0.4) is 0 Å². The molecule has 1 aromatic carbocycles. The molecule has 0 aliphatic carbocycles. The summed E-state index contributed by atoms with van der Waals surface area (Å²) in [5.74, 6) is -0.244. The van der Waals surface area contributed by atoms with Gasteiger partial charge in [0.1, 0.15) is 0 Å². The van der Waals surface area contributed by atoms with Gasteiger partial charge in [0.25, 0.3) is 0 Å². The van der Waals surface area contributed by atoms with Crippen molar-refractivity contribution in [2.45, 2.75) is 73.4 Å². The van der Waals surface area contributed by atoms with Crippen LogP contribution < -0.4 is 0 Å². The van der Waals surface area contributed by atoms with Crippen LogP contribution in [0.2, 0.25) is 11.6 Å². The maximum Gasteiger partial charge on any atom is -0.0683 e. The molecule has 1 aliphatic rings. The van der Waals surface area contributed by atoms with Gasteiger partial charge in [-0.3, -0.25) is 0 Å². The third-order valence-corrected chi connectivity index (χ3v) is 26.2. The number of carbonyl (C=O) groups excluding carboxylic acids is 1. The van der Waals surface area contributed by atoms with Crippen LogP contribution in [0.15, 0.2) is 30.8 Å². The smallest absolute Gasteiger partial charge is 0.0683 e. The van der Waals surface area contributed by atoms with E-state index < -0.39 is 18.2 Å². The van der Waals surface area contributed by atoms with Crippen molar-refractivity contribution in [1.29, 1.82) is 0 Å². The van der Waals surface area contributed by atoms with E-state index in [1.54, 1.807) is 25.3 Å². The molecule has 1 heterocycles. The summed E-state index contributed by atoms with van der Waals surface area (Å²) in [5.41, 5.74) is 1.58. The van der Waals surface area contributed by atoms with Gasteiger partial charge >= 0.3 is 136 Å². The minimum absolute atomic E-state index is 0.244. The first-order chi connectivity index (χ1) is 12.3. The molecule has 0 aromatic heterocycles. The van der Waals surface area contributed by atoms with Gasteiger partial charge in [0, 0.05) is 0 Å². The molecule has 1 saturated heterocycles. The van der Waals surface area contributed by atoms with E-state index in [1.807, 2.05) is 39.8 Å². The first-order valence-corrected chi connectivity index (χ1v) is 16.4. The van der Waals surface area contributed by atoms with Crippen LogP contribution in [-0.4, -0.2) is 31.3 Å². The van der Waals surface area contributed by atoms with Crippen molar-refractivity contribution in [3.8, 4) is 0 Å². The molecular formula is C22H39O3Sb. The number of hydrogen-bond acceptors (Lipinski definition) is 3. The Kier molecular flexibility index (Phi) is 10.2. The van der Waals surface area contributed by atoms with Crippen LogP contribution in [0.4, 0.5) is 0 Å². The van der Waals surface area contributed by atoms with Gasteiger partial charge in [-0.05, 0) is 0 Å². The van der Waals surface area contributed by atoms with Crippen LogP contribution in [-0.2, 0) is 6.03 Å². The molecular weight excluding hydrogens is 434 g/mol. The van der Waals surface area contributed by atoms with Crippen molar-refractivity contribution in [3.05, 3.63) is 42.0 Å². The van der Waals surface area contributed by atoms with E-state index in [0.717, 1.165) is 12.0 Å². The fourth-order valence-corrected chi connectivity index (χ4v) is 21.9. The second-order valence-electron chi connectivity index (χ2n) is 6.57. The van der Waals surface area contributed by atoms with Gasteiger partial charge in [-0.25, -0.2) is 0 Å². The fourth-order valence-electron chi connectivity index (χ4n) is 4.10. The van der Waals surface area contributed by atoms with Gasteiger partial charge in [-0.1, -0.05) is 27.7 Å². The molecule has 2 unspecified atom stereocenters. The quantitative estimate of drug-likeness (QED) is 0.425. The second-order valence-corrected chi connectivity index (χ2v) is 22.7. The Labute approximate surface area is 163 Å².